The van der Waals surface area contributed by atoms with Crippen LogP contribution in [0.3, 0.4) is 0 Å². The van der Waals surface area contributed by atoms with Gasteiger partial charge in [0.25, 0.3) is 0 Å². The minimum Gasteiger partial charge on any atom is -0.353 e. The maximum absolute atomic E-state index is 12.0. The van der Waals surface area contributed by atoms with Crippen LogP contribution in [0.5, 0.6) is 0 Å². The van der Waals surface area contributed by atoms with Crippen molar-refractivity contribution in [3.8, 4) is 0 Å². The van der Waals surface area contributed by atoms with Crippen molar-refractivity contribution in [3.05, 3.63) is 0 Å². The average molecular weight is 246 g/mol. The standard InChI is InChI=1S/C13H24ClNO/c1-11(7-6-10-14)15-13(16)12-8-4-2-3-5-9-12/h11-12H,2-10H2,1H3,(H,15,16). The van der Waals surface area contributed by atoms with E-state index in [2.05, 4.69) is 12.2 Å². The molecular formula is C13H24ClNO. The SMILES string of the molecule is CC(CCCCl)NC(=O)C1CCCCCC1. The third-order valence-electron chi connectivity index (χ3n) is 3.39. The number of amides is 1. The van der Waals surface area contributed by atoms with E-state index in [1.807, 2.05) is 0 Å². The lowest BCUT2D eigenvalue weighted by Gasteiger charge is -2.18. The van der Waals surface area contributed by atoms with E-state index in [4.69, 9.17) is 11.6 Å². The Labute approximate surface area is 104 Å². The summed E-state index contributed by atoms with van der Waals surface area (Å²) >= 11 is 5.64. The first-order chi connectivity index (χ1) is 7.74. The van der Waals surface area contributed by atoms with E-state index in [9.17, 15) is 4.79 Å². The van der Waals surface area contributed by atoms with Crippen molar-refractivity contribution in [1.29, 1.82) is 0 Å². The Morgan fingerprint density at radius 2 is 1.94 bits per heavy atom. The lowest BCUT2D eigenvalue weighted by molar-refractivity contribution is -0.126. The minimum atomic E-state index is 0.265. The van der Waals surface area contributed by atoms with Crippen LogP contribution in [0, 0.1) is 5.92 Å². The smallest absolute Gasteiger partial charge is 0.223 e. The van der Waals surface area contributed by atoms with Crippen molar-refractivity contribution in [2.45, 2.75) is 64.3 Å². The number of alkyl halides is 1. The van der Waals surface area contributed by atoms with Gasteiger partial charge < -0.3 is 5.32 Å². The van der Waals surface area contributed by atoms with Gasteiger partial charge in [-0.2, -0.15) is 0 Å². The lowest BCUT2D eigenvalue weighted by Crippen LogP contribution is -2.37. The van der Waals surface area contributed by atoms with Crippen molar-refractivity contribution >= 4 is 17.5 Å². The van der Waals surface area contributed by atoms with Gasteiger partial charge in [0.05, 0.1) is 0 Å². The molecule has 1 atom stereocenters. The molecule has 1 N–H and O–H groups in total. The molecule has 0 bridgehead atoms. The average Bonchev–Trinajstić information content (AvgIpc) is 2.54. The van der Waals surface area contributed by atoms with Crippen molar-refractivity contribution in [2.75, 3.05) is 5.88 Å². The fourth-order valence-electron chi connectivity index (χ4n) is 2.36. The summed E-state index contributed by atoms with van der Waals surface area (Å²) in [4.78, 5) is 12.0. The van der Waals surface area contributed by atoms with Crippen molar-refractivity contribution in [3.63, 3.8) is 0 Å². The second-order valence-electron chi connectivity index (χ2n) is 4.93. The monoisotopic (exact) mass is 245 g/mol. The molecule has 0 aliphatic heterocycles. The zero-order valence-electron chi connectivity index (χ0n) is 10.3. The Kier molecular flexibility index (Phi) is 6.86. The number of hydrogen-bond donors (Lipinski definition) is 1. The number of rotatable bonds is 5. The van der Waals surface area contributed by atoms with E-state index in [-0.39, 0.29) is 17.9 Å². The molecule has 1 saturated carbocycles. The van der Waals surface area contributed by atoms with Gasteiger partial charge in [-0.1, -0.05) is 25.7 Å². The van der Waals surface area contributed by atoms with E-state index >= 15 is 0 Å². The first-order valence-electron chi connectivity index (χ1n) is 6.60. The van der Waals surface area contributed by atoms with Gasteiger partial charge in [-0.15, -0.1) is 11.6 Å². The number of nitrogens with one attached hydrogen (secondary N) is 1. The molecule has 1 fully saturated rings. The van der Waals surface area contributed by atoms with Gasteiger partial charge in [-0.25, -0.2) is 0 Å². The molecule has 0 aromatic carbocycles. The van der Waals surface area contributed by atoms with Crippen molar-refractivity contribution in [1.82, 2.24) is 5.32 Å². The number of carbonyl (C=O) groups is 1. The van der Waals surface area contributed by atoms with E-state index in [0.29, 0.717) is 5.88 Å². The Bertz CT molecular complexity index is 200. The predicted molar refractivity (Wildman–Crippen MR) is 68.8 cm³/mol. The van der Waals surface area contributed by atoms with Crippen LogP contribution in [-0.4, -0.2) is 17.8 Å². The maximum atomic E-state index is 12.0. The molecule has 1 aliphatic carbocycles. The second-order valence-corrected chi connectivity index (χ2v) is 5.31. The zero-order chi connectivity index (χ0) is 11.8. The Morgan fingerprint density at radius 3 is 2.50 bits per heavy atom. The summed E-state index contributed by atoms with van der Waals surface area (Å²) in [5, 5.41) is 3.11. The molecule has 0 heterocycles. The first kappa shape index (κ1) is 13.8. The summed E-state index contributed by atoms with van der Waals surface area (Å²) < 4.78 is 0. The summed E-state index contributed by atoms with van der Waals surface area (Å²) in [6, 6.07) is 0.273. The van der Waals surface area contributed by atoms with Gasteiger partial charge >= 0.3 is 0 Å². The van der Waals surface area contributed by atoms with Gasteiger partial charge in [0.1, 0.15) is 0 Å². The van der Waals surface area contributed by atoms with Crippen LogP contribution in [0.1, 0.15) is 58.3 Å². The third kappa shape index (κ3) is 5.20. The van der Waals surface area contributed by atoms with Gasteiger partial charge in [-0.05, 0) is 32.6 Å². The van der Waals surface area contributed by atoms with Crippen molar-refractivity contribution in [2.24, 2.45) is 5.92 Å². The fraction of sp³-hybridized carbons (Fsp3) is 0.923. The highest BCUT2D eigenvalue weighted by Crippen LogP contribution is 2.23. The largest absolute Gasteiger partial charge is 0.353 e. The van der Waals surface area contributed by atoms with E-state index < -0.39 is 0 Å². The molecule has 0 aromatic heterocycles. The highest BCUT2D eigenvalue weighted by atomic mass is 35.5. The normalized spacial score (nSPS) is 20.1. The van der Waals surface area contributed by atoms with E-state index in [0.717, 1.165) is 25.7 Å². The Balaban J connectivity index is 2.26. The first-order valence-corrected chi connectivity index (χ1v) is 7.14. The van der Waals surface area contributed by atoms with Crippen LogP contribution < -0.4 is 5.32 Å². The lowest BCUT2D eigenvalue weighted by atomic mass is 9.99. The molecule has 1 aliphatic rings. The summed E-state index contributed by atoms with van der Waals surface area (Å²) in [6.45, 7) is 2.07. The van der Waals surface area contributed by atoms with Crippen LogP contribution in [0.4, 0.5) is 0 Å². The summed E-state index contributed by atoms with van der Waals surface area (Å²) in [6.07, 6.45) is 9.15. The molecule has 94 valence electrons. The van der Waals surface area contributed by atoms with Crippen LogP contribution in [0.2, 0.25) is 0 Å². The van der Waals surface area contributed by atoms with Crippen LogP contribution >= 0.6 is 11.6 Å². The Hall–Kier alpha value is -0.240. The maximum Gasteiger partial charge on any atom is 0.223 e. The van der Waals surface area contributed by atoms with Gasteiger partial charge in [0.2, 0.25) is 5.91 Å². The molecule has 0 saturated heterocycles. The molecule has 3 heteroatoms. The zero-order valence-corrected chi connectivity index (χ0v) is 11.1. The summed E-state index contributed by atoms with van der Waals surface area (Å²) in [5.74, 6) is 1.22. The molecular weight excluding hydrogens is 222 g/mol. The molecule has 0 aromatic rings. The second kappa shape index (κ2) is 7.94. The van der Waals surface area contributed by atoms with E-state index in [1.165, 1.54) is 25.7 Å². The van der Waals surface area contributed by atoms with Crippen LogP contribution in [0.15, 0.2) is 0 Å². The minimum absolute atomic E-state index is 0.265. The Morgan fingerprint density at radius 1 is 1.31 bits per heavy atom. The highest BCUT2D eigenvalue weighted by molar-refractivity contribution is 6.17. The highest BCUT2D eigenvalue weighted by Gasteiger charge is 2.20. The van der Waals surface area contributed by atoms with Gasteiger partial charge in [0.15, 0.2) is 0 Å². The van der Waals surface area contributed by atoms with E-state index in [1.54, 1.807) is 0 Å². The summed E-state index contributed by atoms with van der Waals surface area (Å²) in [5.41, 5.74) is 0. The molecule has 16 heavy (non-hydrogen) atoms. The third-order valence-corrected chi connectivity index (χ3v) is 3.65. The topological polar surface area (TPSA) is 29.1 Å². The van der Waals surface area contributed by atoms with Crippen LogP contribution in [-0.2, 0) is 4.79 Å². The number of carbonyl (C=O) groups excluding carboxylic acids is 1. The summed E-state index contributed by atoms with van der Waals surface area (Å²) in [7, 11) is 0. The van der Waals surface area contributed by atoms with Gasteiger partial charge in [-0.3, -0.25) is 4.79 Å². The quantitative estimate of drug-likeness (QED) is 0.583. The molecule has 1 unspecified atom stereocenters. The molecule has 2 nitrogen and oxygen atoms in total. The predicted octanol–water partition coefficient (Wildman–Crippen LogP) is 3.48. The van der Waals surface area contributed by atoms with Crippen LogP contribution in [0.25, 0.3) is 0 Å². The fourth-order valence-corrected chi connectivity index (χ4v) is 2.51. The van der Waals surface area contributed by atoms with Crippen molar-refractivity contribution < 1.29 is 4.79 Å². The number of halogens is 1. The number of hydrogen-bond acceptors (Lipinski definition) is 1. The molecule has 0 spiro atoms. The molecule has 1 amide bonds. The molecule has 1 rings (SSSR count). The molecule has 0 radical (unpaired) electrons. The van der Waals surface area contributed by atoms with Gasteiger partial charge in [0, 0.05) is 17.8 Å².